The van der Waals surface area contributed by atoms with Gasteiger partial charge in [-0.15, -0.1) is 6.58 Å². The molecule has 2 rings (SSSR count). The zero-order valence-corrected chi connectivity index (χ0v) is 10.3. The highest BCUT2D eigenvalue weighted by Gasteiger charge is 2.10. The Labute approximate surface area is 99.8 Å². The van der Waals surface area contributed by atoms with Gasteiger partial charge < -0.3 is 4.98 Å². The van der Waals surface area contributed by atoms with Gasteiger partial charge in [0, 0.05) is 12.2 Å². The molecule has 4 heteroatoms. The quantitative estimate of drug-likeness (QED) is 0.650. The molecule has 0 aliphatic carbocycles. The van der Waals surface area contributed by atoms with Crippen molar-refractivity contribution in [3.63, 3.8) is 0 Å². The predicted octanol–water partition coefficient (Wildman–Crippen LogP) is 3.54. The van der Waals surface area contributed by atoms with Gasteiger partial charge >= 0.3 is 0 Å². The van der Waals surface area contributed by atoms with Gasteiger partial charge in [-0.25, -0.2) is 4.98 Å². The van der Waals surface area contributed by atoms with Crippen LogP contribution >= 0.6 is 12.2 Å². The van der Waals surface area contributed by atoms with E-state index >= 15 is 0 Å². The highest BCUT2D eigenvalue weighted by Crippen LogP contribution is 2.20. The summed E-state index contributed by atoms with van der Waals surface area (Å²) in [6.07, 6.45) is 4.65. The highest BCUT2D eigenvalue weighted by molar-refractivity contribution is 7.71. The number of aromatic nitrogens is 3. The van der Waals surface area contributed by atoms with Crippen LogP contribution in [-0.4, -0.2) is 14.5 Å². The van der Waals surface area contributed by atoms with Crippen molar-refractivity contribution >= 4 is 23.4 Å². The Morgan fingerprint density at radius 1 is 1.69 bits per heavy atom. The molecule has 1 N–H and O–H groups in total. The summed E-state index contributed by atoms with van der Waals surface area (Å²) in [7, 11) is 0. The van der Waals surface area contributed by atoms with Gasteiger partial charge in [0.25, 0.3) is 0 Å². The minimum Gasteiger partial charge on any atom is -0.329 e. The fourth-order valence-electron chi connectivity index (χ4n) is 1.87. The molecule has 0 bridgehead atoms. The van der Waals surface area contributed by atoms with Crippen LogP contribution < -0.4 is 0 Å². The molecule has 0 aliphatic rings. The second-order valence-corrected chi connectivity index (χ2v) is 4.44. The van der Waals surface area contributed by atoms with Gasteiger partial charge in [-0.1, -0.05) is 6.08 Å². The Bertz CT molecular complexity index is 579. The van der Waals surface area contributed by atoms with Crippen molar-refractivity contribution < 1.29 is 0 Å². The number of imidazole rings is 1. The number of H-pyrrole nitrogens is 1. The zero-order chi connectivity index (χ0) is 11.7. The van der Waals surface area contributed by atoms with Crippen LogP contribution in [0.2, 0.25) is 0 Å². The minimum absolute atomic E-state index is 0.286. The molecule has 0 aromatic carbocycles. The highest BCUT2D eigenvalue weighted by atomic mass is 32.1. The van der Waals surface area contributed by atoms with Gasteiger partial charge in [0.1, 0.15) is 0 Å². The van der Waals surface area contributed by atoms with Gasteiger partial charge in [-0.05, 0) is 44.1 Å². The van der Waals surface area contributed by atoms with Crippen LogP contribution in [0.3, 0.4) is 0 Å². The topological polar surface area (TPSA) is 33.6 Å². The van der Waals surface area contributed by atoms with Crippen molar-refractivity contribution in [2.45, 2.75) is 26.3 Å². The third-order valence-electron chi connectivity index (χ3n) is 2.64. The number of fused-ring (bicyclic) bond motifs is 1. The molecule has 0 radical (unpaired) electrons. The van der Waals surface area contributed by atoms with E-state index in [1.165, 1.54) is 0 Å². The van der Waals surface area contributed by atoms with E-state index in [-0.39, 0.29) is 6.04 Å². The van der Waals surface area contributed by atoms with Crippen molar-refractivity contribution in [1.29, 1.82) is 0 Å². The number of aromatic amines is 1. The average molecular weight is 233 g/mol. The van der Waals surface area contributed by atoms with E-state index in [1.54, 1.807) is 0 Å². The van der Waals surface area contributed by atoms with Crippen molar-refractivity contribution in [3.8, 4) is 0 Å². The zero-order valence-electron chi connectivity index (χ0n) is 9.53. The Morgan fingerprint density at radius 3 is 3.12 bits per heavy atom. The van der Waals surface area contributed by atoms with E-state index in [1.807, 2.05) is 23.8 Å². The molecule has 1 atom stereocenters. The standard InChI is InChI=1S/C12H15N3S/c1-4-5-9(3)15-11-10(14-12(15)16)6-8(2)7-13-11/h4,6-7,9H,1,5H2,2-3H3,(H,14,16). The number of aryl methyl sites for hydroxylation is 1. The Hall–Kier alpha value is -1.42. The lowest BCUT2D eigenvalue weighted by atomic mass is 10.2. The lowest BCUT2D eigenvalue weighted by Crippen LogP contribution is -2.04. The van der Waals surface area contributed by atoms with Crippen LogP contribution in [-0.2, 0) is 0 Å². The second kappa shape index (κ2) is 4.22. The monoisotopic (exact) mass is 233 g/mol. The lowest BCUT2D eigenvalue weighted by molar-refractivity contribution is 0.560. The van der Waals surface area contributed by atoms with Gasteiger partial charge in [-0.2, -0.15) is 0 Å². The average Bonchev–Trinajstić information content (AvgIpc) is 2.53. The van der Waals surface area contributed by atoms with Crippen molar-refractivity contribution in [3.05, 3.63) is 35.3 Å². The molecular formula is C12H15N3S. The summed E-state index contributed by atoms with van der Waals surface area (Å²) >= 11 is 5.32. The van der Waals surface area contributed by atoms with Crippen LogP contribution in [0, 0.1) is 11.7 Å². The van der Waals surface area contributed by atoms with Crippen molar-refractivity contribution in [1.82, 2.24) is 14.5 Å². The number of nitrogens with zero attached hydrogens (tertiary/aromatic N) is 2. The molecule has 0 saturated carbocycles. The van der Waals surface area contributed by atoms with E-state index in [0.717, 1.165) is 27.9 Å². The minimum atomic E-state index is 0.286. The lowest BCUT2D eigenvalue weighted by Gasteiger charge is -2.11. The Morgan fingerprint density at radius 2 is 2.44 bits per heavy atom. The first-order valence-electron chi connectivity index (χ1n) is 5.31. The van der Waals surface area contributed by atoms with Crippen molar-refractivity contribution in [2.24, 2.45) is 0 Å². The van der Waals surface area contributed by atoms with Gasteiger partial charge in [0.05, 0.1) is 5.52 Å². The van der Waals surface area contributed by atoms with Gasteiger partial charge in [0.15, 0.2) is 10.4 Å². The Balaban J connectivity index is 2.64. The summed E-state index contributed by atoms with van der Waals surface area (Å²) in [5, 5.41) is 0. The number of hydrogen-bond donors (Lipinski definition) is 1. The largest absolute Gasteiger partial charge is 0.329 e. The fourth-order valence-corrected chi connectivity index (χ4v) is 2.25. The predicted molar refractivity (Wildman–Crippen MR) is 69.2 cm³/mol. The maximum absolute atomic E-state index is 5.32. The molecule has 2 aromatic rings. The molecule has 0 aliphatic heterocycles. The molecule has 0 amide bonds. The molecule has 2 heterocycles. The summed E-state index contributed by atoms with van der Waals surface area (Å²) in [5.74, 6) is 0. The van der Waals surface area contributed by atoms with Crippen LogP contribution in [0.5, 0.6) is 0 Å². The summed E-state index contributed by atoms with van der Waals surface area (Å²) < 4.78 is 2.77. The van der Waals surface area contributed by atoms with Crippen LogP contribution in [0.25, 0.3) is 11.2 Å². The SMILES string of the molecule is C=CCC(C)n1c(=S)[nH]c2cc(C)cnc21. The molecular weight excluding hydrogens is 218 g/mol. The first-order chi connectivity index (χ1) is 7.63. The normalized spacial score (nSPS) is 12.9. The molecule has 2 aromatic heterocycles. The first-order valence-corrected chi connectivity index (χ1v) is 5.72. The third-order valence-corrected chi connectivity index (χ3v) is 2.94. The summed E-state index contributed by atoms with van der Waals surface area (Å²) in [6, 6.07) is 2.35. The molecule has 3 nitrogen and oxygen atoms in total. The van der Waals surface area contributed by atoms with E-state index < -0.39 is 0 Å². The molecule has 16 heavy (non-hydrogen) atoms. The smallest absolute Gasteiger partial charge is 0.179 e. The maximum atomic E-state index is 5.32. The van der Waals surface area contributed by atoms with Crippen LogP contribution in [0.15, 0.2) is 24.9 Å². The van der Waals surface area contributed by atoms with Gasteiger partial charge in [0.2, 0.25) is 0 Å². The van der Waals surface area contributed by atoms with Crippen molar-refractivity contribution in [2.75, 3.05) is 0 Å². The van der Waals surface area contributed by atoms with Crippen LogP contribution in [0.4, 0.5) is 0 Å². The summed E-state index contributed by atoms with van der Waals surface area (Å²) in [5.41, 5.74) is 3.05. The van der Waals surface area contributed by atoms with Gasteiger partial charge in [-0.3, -0.25) is 4.57 Å². The molecule has 1 unspecified atom stereocenters. The maximum Gasteiger partial charge on any atom is 0.179 e. The van der Waals surface area contributed by atoms with E-state index in [0.29, 0.717) is 0 Å². The number of nitrogens with one attached hydrogen (secondary N) is 1. The summed E-state index contributed by atoms with van der Waals surface area (Å²) in [4.78, 5) is 7.62. The first kappa shape index (κ1) is 11.1. The number of rotatable bonds is 3. The third kappa shape index (κ3) is 1.80. The molecule has 0 spiro atoms. The number of allylic oxidation sites excluding steroid dienone is 1. The van der Waals surface area contributed by atoms with Crippen LogP contribution in [0.1, 0.15) is 24.9 Å². The number of hydrogen-bond acceptors (Lipinski definition) is 2. The molecule has 0 saturated heterocycles. The van der Waals surface area contributed by atoms with E-state index in [2.05, 4.69) is 29.5 Å². The van der Waals surface area contributed by atoms with E-state index in [4.69, 9.17) is 12.2 Å². The molecule has 84 valence electrons. The van der Waals surface area contributed by atoms with E-state index in [9.17, 15) is 0 Å². The fraction of sp³-hybridized carbons (Fsp3) is 0.333. The summed E-state index contributed by atoms with van der Waals surface area (Å²) in [6.45, 7) is 7.90. The Kier molecular flexibility index (Phi) is 2.92. The molecule has 0 fully saturated rings. The number of pyridine rings is 1. The second-order valence-electron chi connectivity index (χ2n) is 4.06.